The molecule has 0 unspecified atom stereocenters. The lowest BCUT2D eigenvalue weighted by Gasteiger charge is -2.32. The van der Waals surface area contributed by atoms with Gasteiger partial charge in [-0.2, -0.15) is 8.61 Å². The molecule has 2 N–H and O–H groups in total. The highest BCUT2D eigenvalue weighted by Gasteiger charge is 2.32. The fourth-order valence-electron chi connectivity index (χ4n) is 2.10. The third-order valence-electron chi connectivity index (χ3n) is 3.20. The van der Waals surface area contributed by atoms with Crippen LogP contribution in [0.25, 0.3) is 0 Å². The van der Waals surface area contributed by atoms with E-state index >= 15 is 0 Å². The molecule has 0 aromatic heterocycles. The zero-order chi connectivity index (χ0) is 15.0. The van der Waals surface area contributed by atoms with E-state index in [-0.39, 0.29) is 36.8 Å². The molecule has 1 aliphatic rings. The molecule has 1 fully saturated rings. The molecular weight excluding hydrogens is 302 g/mol. The Labute approximate surface area is 119 Å². The van der Waals surface area contributed by atoms with Crippen LogP contribution in [-0.2, 0) is 20.0 Å². The minimum absolute atomic E-state index is 0.0628. The van der Waals surface area contributed by atoms with Crippen LogP contribution in [0.1, 0.15) is 0 Å². The van der Waals surface area contributed by atoms with Crippen LogP contribution in [0, 0.1) is 0 Å². The standard InChI is InChI=1S/C11H17N3O4S2/c1-19(15,16)13-6-8-14(9-7-13)20(17,18)11-5-3-2-4-10(11)12/h2-5H,6-9,12H2,1H3. The average molecular weight is 319 g/mol. The first-order valence-corrected chi connectivity index (χ1v) is 9.31. The zero-order valence-corrected chi connectivity index (χ0v) is 12.7. The first-order valence-electron chi connectivity index (χ1n) is 6.03. The van der Waals surface area contributed by atoms with Crippen LogP contribution in [0.2, 0.25) is 0 Å². The molecule has 20 heavy (non-hydrogen) atoms. The van der Waals surface area contributed by atoms with Gasteiger partial charge < -0.3 is 5.73 Å². The van der Waals surface area contributed by atoms with Crippen molar-refractivity contribution in [2.45, 2.75) is 4.90 Å². The van der Waals surface area contributed by atoms with Gasteiger partial charge in [-0.3, -0.25) is 0 Å². The summed E-state index contributed by atoms with van der Waals surface area (Å²) in [5.41, 5.74) is 5.89. The summed E-state index contributed by atoms with van der Waals surface area (Å²) in [5, 5.41) is 0. The molecular formula is C11H17N3O4S2. The number of nitrogens with zero attached hydrogens (tertiary/aromatic N) is 2. The predicted octanol–water partition coefficient (Wildman–Crippen LogP) is -0.465. The van der Waals surface area contributed by atoms with Crippen LogP contribution in [0.4, 0.5) is 5.69 Å². The molecule has 1 saturated heterocycles. The minimum Gasteiger partial charge on any atom is -0.398 e. The summed E-state index contributed by atoms with van der Waals surface area (Å²) in [6.07, 6.45) is 1.12. The summed E-state index contributed by atoms with van der Waals surface area (Å²) >= 11 is 0. The van der Waals surface area contributed by atoms with Crippen molar-refractivity contribution in [2.75, 3.05) is 38.2 Å². The fourth-order valence-corrected chi connectivity index (χ4v) is 4.46. The molecule has 1 aromatic rings. The molecule has 0 aliphatic carbocycles. The first kappa shape index (κ1) is 15.2. The van der Waals surface area contributed by atoms with Gasteiger partial charge >= 0.3 is 0 Å². The molecule has 0 saturated carbocycles. The van der Waals surface area contributed by atoms with Gasteiger partial charge in [-0.05, 0) is 12.1 Å². The Hall–Kier alpha value is -1.16. The zero-order valence-electron chi connectivity index (χ0n) is 11.1. The number of benzene rings is 1. The fraction of sp³-hybridized carbons (Fsp3) is 0.455. The van der Waals surface area contributed by atoms with Gasteiger partial charge in [-0.1, -0.05) is 12.1 Å². The monoisotopic (exact) mass is 319 g/mol. The maximum absolute atomic E-state index is 12.4. The lowest BCUT2D eigenvalue weighted by molar-refractivity contribution is 0.274. The number of hydrogen-bond acceptors (Lipinski definition) is 5. The van der Waals surface area contributed by atoms with Crippen molar-refractivity contribution in [3.05, 3.63) is 24.3 Å². The smallest absolute Gasteiger partial charge is 0.245 e. The van der Waals surface area contributed by atoms with E-state index in [1.165, 1.54) is 20.7 Å². The summed E-state index contributed by atoms with van der Waals surface area (Å²) in [5.74, 6) is 0. The van der Waals surface area contributed by atoms with E-state index in [9.17, 15) is 16.8 Å². The lowest BCUT2D eigenvalue weighted by atomic mass is 10.3. The highest BCUT2D eigenvalue weighted by molar-refractivity contribution is 7.89. The molecule has 0 amide bonds. The molecule has 0 radical (unpaired) electrons. The molecule has 7 nitrogen and oxygen atoms in total. The summed E-state index contributed by atoms with van der Waals surface area (Å²) in [7, 11) is -6.96. The van der Waals surface area contributed by atoms with Crippen LogP contribution in [0.3, 0.4) is 0 Å². The second kappa shape index (κ2) is 5.32. The maximum Gasteiger partial charge on any atom is 0.245 e. The largest absolute Gasteiger partial charge is 0.398 e. The van der Waals surface area contributed by atoms with E-state index in [0.29, 0.717) is 0 Å². The topological polar surface area (TPSA) is 101 Å². The number of para-hydroxylation sites is 1. The SMILES string of the molecule is CS(=O)(=O)N1CCN(S(=O)(=O)c2ccccc2N)CC1. The molecule has 1 aliphatic heterocycles. The van der Waals surface area contributed by atoms with Crippen LogP contribution in [0.5, 0.6) is 0 Å². The van der Waals surface area contributed by atoms with Crippen LogP contribution in [0.15, 0.2) is 29.2 Å². The Kier molecular flexibility index (Phi) is 4.05. The number of hydrogen-bond donors (Lipinski definition) is 1. The summed E-state index contributed by atoms with van der Waals surface area (Å²) < 4.78 is 50.2. The Morgan fingerprint density at radius 2 is 1.45 bits per heavy atom. The van der Waals surface area contributed by atoms with Gasteiger partial charge in [0.15, 0.2) is 0 Å². The summed E-state index contributed by atoms with van der Waals surface area (Å²) in [6, 6.07) is 6.25. The van der Waals surface area contributed by atoms with E-state index in [1.54, 1.807) is 12.1 Å². The molecule has 112 valence electrons. The van der Waals surface area contributed by atoms with E-state index in [0.717, 1.165) is 6.26 Å². The third-order valence-corrected chi connectivity index (χ3v) is 6.48. The van der Waals surface area contributed by atoms with Gasteiger partial charge in [0.25, 0.3) is 0 Å². The first-order chi connectivity index (χ1) is 9.23. The van der Waals surface area contributed by atoms with Crippen LogP contribution in [-0.4, -0.2) is 57.9 Å². The maximum atomic E-state index is 12.4. The molecule has 0 bridgehead atoms. The van der Waals surface area contributed by atoms with Gasteiger partial charge in [0.05, 0.1) is 11.9 Å². The minimum atomic E-state index is -3.67. The van der Waals surface area contributed by atoms with E-state index in [1.807, 2.05) is 0 Å². The Morgan fingerprint density at radius 3 is 1.95 bits per heavy atom. The number of rotatable bonds is 3. The van der Waals surface area contributed by atoms with Crippen molar-refractivity contribution in [1.29, 1.82) is 0 Å². The molecule has 9 heteroatoms. The van der Waals surface area contributed by atoms with Crippen molar-refractivity contribution in [1.82, 2.24) is 8.61 Å². The van der Waals surface area contributed by atoms with Crippen LogP contribution >= 0.6 is 0 Å². The van der Waals surface area contributed by atoms with Crippen molar-refractivity contribution in [2.24, 2.45) is 0 Å². The number of anilines is 1. The van der Waals surface area contributed by atoms with Gasteiger partial charge in [-0.15, -0.1) is 0 Å². The predicted molar refractivity (Wildman–Crippen MR) is 76.0 cm³/mol. The number of piperazine rings is 1. The van der Waals surface area contributed by atoms with Crippen molar-refractivity contribution >= 4 is 25.7 Å². The van der Waals surface area contributed by atoms with E-state index in [2.05, 4.69) is 0 Å². The van der Waals surface area contributed by atoms with Gasteiger partial charge in [0, 0.05) is 26.2 Å². The number of sulfonamides is 2. The lowest BCUT2D eigenvalue weighted by Crippen LogP contribution is -2.50. The van der Waals surface area contributed by atoms with Gasteiger partial charge in [0.2, 0.25) is 20.0 Å². The molecule has 1 heterocycles. The van der Waals surface area contributed by atoms with E-state index < -0.39 is 20.0 Å². The molecule has 2 rings (SSSR count). The third kappa shape index (κ3) is 2.95. The number of nitrogens with two attached hydrogens (primary N) is 1. The summed E-state index contributed by atoms with van der Waals surface area (Å²) in [6.45, 7) is 0.572. The van der Waals surface area contributed by atoms with Crippen molar-refractivity contribution in [3.63, 3.8) is 0 Å². The molecule has 0 atom stereocenters. The molecule has 0 spiro atoms. The van der Waals surface area contributed by atoms with Crippen molar-refractivity contribution < 1.29 is 16.8 Å². The Bertz CT molecular complexity index is 692. The van der Waals surface area contributed by atoms with Gasteiger partial charge in [0.1, 0.15) is 4.90 Å². The second-order valence-corrected chi connectivity index (χ2v) is 8.49. The molecule has 1 aromatic carbocycles. The highest BCUT2D eigenvalue weighted by Crippen LogP contribution is 2.23. The van der Waals surface area contributed by atoms with Crippen molar-refractivity contribution in [3.8, 4) is 0 Å². The Balaban J connectivity index is 2.20. The normalized spacial score (nSPS) is 19.1. The number of nitrogen functional groups attached to an aromatic ring is 1. The Morgan fingerprint density at radius 1 is 0.950 bits per heavy atom. The van der Waals surface area contributed by atoms with Gasteiger partial charge in [-0.25, -0.2) is 16.8 Å². The summed E-state index contributed by atoms with van der Waals surface area (Å²) in [4.78, 5) is 0.0628. The van der Waals surface area contributed by atoms with Crippen LogP contribution < -0.4 is 5.73 Å². The quantitative estimate of drug-likeness (QED) is 0.759. The second-order valence-electron chi connectivity index (χ2n) is 4.60. The highest BCUT2D eigenvalue weighted by atomic mass is 32.2. The van der Waals surface area contributed by atoms with E-state index in [4.69, 9.17) is 5.73 Å². The average Bonchev–Trinajstić information content (AvgIpc) is 2.38.